The summed E-state index contributed by atoms with van der Waals surface area (Å²) in [6.45, 7) is 5.10. The molecule has 0 aliphatic carbocycles. The van der Waals surface area contributed by atoms with E-state index in [9.17, 15) is 9.50 Å². The zero-order valence-corrected chi connectivity index (χ0v) is 11.9. The first-order chi connectivity index (χ1) is 8.59. The second kappa shape index (κ2) is 7.77. The summed E-state index contributed by atoms with van der Waals surface area (Å²) in [6.07, 6.45) is 1.96. The molecule has 2 N–H and O–H groups in total. The number of thioether (sulfide) groups is 1. The van der Waals surface area contributed by atoms with Crippen LogP contribution in [-0.2, 0) is 0 Å². The third-order valence-electron chi connectivity index (χ3n) is 2.91. The molecule has 0 heterocycles. The number of aliphatic hydroxyl groups excluding tert-OH is 1. The Morgan fingerprint density at radius 3 is 2.56 bits per heavy atom. The number of rotatable bonds is 8. The van der Waals surface area contributed by atoms with Gasteiger partial charge in [-0.3, -0.25) is 0 Å². The van der Waals surface area contributed by atoms with E-state index in [1.54, 1.807) is 23.9 Å². The van der Waals surface area contributed by atoms with Crippen LogP contribution in [0.3, 0.4) is 0 Å². The van der Waals surface area contributed by atoms with E-state index < -0.39 is 0 Å². The van der Waals surface area contributed by atoms with Crippen LogP contribution in [0.15, 0.2) is 29.2 Å². The second-order valence-electron chi connectivity index (χ2n) is 4.66. The predicted molar refractivity (Wildman–Crippen MR) is 75.5 cm³/mol. The van der Waals surface area contributed by atoms with Crippen molar-refractivity contribution in [2.75, 3.05) is 18.9 Å². The molecule has 18 heavy (non-hydrogen) atoms. The van der Waals surface area contributed by atoms with Crippen LogP contribution in [0, 0.1) is 5.82 Å². The Hall–Kier alpha value is -0.580. The third kappa shape index (κ3) is 5.38. The van der Waals surface area contributed by atoms with Crippen LogP contribution in [0.1, 0.15) is 26.7 Å². The number of aliphatic hydroxyl groups is 1. The van der Waals surface area contributed by atoms with Crippen LogP contribution in [0.4, 0.5) is 4.39 Å². The molecule has 0 aliphatic heterocycles. The maximum Gasteiger partial charge on any atom is 0.123 e. The Labute approximate surface area is 113 Å². The van der Waals surface area contributed by atoms with Crippen LogP contribution < -0.4 is 5.32 Å². The van der Waals surface area contributed by atoms with Gasteiger partial charge in [-0.15, -0.1) is 11.8 Å². The quantitative estimate of drug-likeness (QED) is 0.563. The molecule has 0 fully saturated rings. The normalized spacial score (nSPS) is 14.4. The molecule has 0 saturated heterocycles. The molecule has 0 spiro atoms. The van der Waals surface area contributed by atoms with Crippen molar-refractivity contribution in [1.82, 2.24) is 5.32 Å². The molecule has 102 valence electrons. The monoisotopic (exact) mass is 271 g/mol. The van der Waals surface area contributed by atoms with Gasteiger partial charge in [0, 0.05) is 10.4 Å². The molecule has 1 aromatic rings. The highest BCUT2D eigenvalue weighted by Crippen LogP contribution is 2.21. The Bertz CT molecular complexity index is 344. The van der Waals surface area contributed by atoms with Gasteiger partial charge in [-0.25, -0.2) is 4.39 Å². The average Bonchev–Trinajstić information content (AvgIpc) is 2.37. The molecule has 0 aliphatic rings. The van der Waals surface area contributed by atoms with Gasteiger partial charge < -0.3 is 10.4 Å². The number of likely N-dealkylation sites (N-methyl/N-ethyl adjacent to an activating group) is 1. The lowest BCUT2D eigenvalue weighted by atomic mass is 9.97. The van der Waals surface area contributed by atoms with E-state index in [2.05, 4.69) is 5.32 Å². The number of hydrogen-bond acceptors (Lipinski definition) is 3. The fraction of sp³-hybridized carbons (Fsp3) is 0.571. The molecule has 1 unspecified atom stereocenters. The summed E-state index contributed by atoms with van der Waals surface area (Å²) < 4.78 is 12.7. The van der Waals surface area contributed by atoms with Crippen LogP contribution in [0.5, 0.6) is 0 Å². The van der Waals surface area contributed by atoms with Gasteiger partial charge in [0.05, 0.1) is 6.61 Å². The van der Waals surface area contributed by atoms with Crippen molar-refractivity contribution >= 4 is 11.8 Å². The van der Waals surface area contributed by atoms with E-state index in [1.807, 2.05) is 13.8 Å². The first-order valence-electron chi connectivity index (χ1n) is 6.34. The molecule has 0 amide bonds. The van der Waals surface area contributed by atoms with Crippen molar-refractivity contribution in [3.8, 4) is 0 Å². The molecule has 1 aromatic carbocycles. The lowest BCUT2D eigenvalue weighted by molar-refractivity contribution is 0.167. The van der Waals surface area contributed by atoms with E-state index >= 15 is 0 Å². The predicted octanol–water partition coefficient (Wildman–Crippen LogP) is 3.06. The Morgan fingerprint density at radius 2 is 2.00 bits per heavy atom. The Morgan fingerprint density at radius 1 is 1.33 bits per heavy atom. The smallest absolute Gasteiger partial charge is 0.123 e. The van der Waals surface area contributed by atoms with Crippen LogP contribution in [-0.4, -0.2) is 29.5 Å². The summed E-state index contributed by atoms with van der Waals surface area (Å²) in [6, 6.07) is 6.57. The van der Waals surface area contributed by atoms with Gasteiger partial charge in [0.1, 0.15) is 5.82 Å². The first kappa shape index (κ1) is 15.5. The molecule has 0 bridgehead atoms. The van der Waals surface area contributed by atoms with E-state index in [-0.39, 0.29) is 18.0 Å². The maximum absolute atomic E-state index is 12.7. The topological polar surface area (TPSA) is 32.3 Å². The van der Waals surface area contributed by atoms with E-state index in [0.29, 0.717) is 0 Å². The zero-order chi connectivity index (χ0) is 13.4. The summed E-state index contributed by atoms with van der Waals surface area (Å²) in [4.78, 5) is 1.09. The lowest BCUT2D eigenvalue weighted by Gasteiger charge is -2.28. The van der Waals surface area contributed by atoms with Gasteiger partial charge in [-0.2, -0.15) is 0 Å². The largest absolute Gasteiger partial charge is 0.394 e. The highest BCUT2D eigenvalue weighted by molar-refractivity contribution is 7.99. The standard InChI is InChI=1S/C14H22FNOS/c1-3-16-14(2,11-17)9-4-10-18-13-7-5-12(15)6-8-13/h5-8,16-17H,3-4,9-11H2,1-2H3. The summed E-state index contributed by atoms with van der Waals surface area (Å²) in [5.41, 5.74) is -0.182. The fourth-order valence-electron chi connectivity index (χ4n) is 1.83. The van der Waals surface area contributed by atoms with Crippen LogP contribution in [0.2, 0.25) is 0 Å². The minimum atomic E-state index is -0.195. The van der Waals surface area contributed by atoms with Crippen molar-refractivity contribution in [2.45, 2.75) is 37.1 Å². The van der Waals surface area contributed by atoms with E-state index in [1.165, 1.54) is 12.1 Å². The van der Waals surface area contributed by atoms with E-state index in [4.69, 9.17) is 0 Å². The summed E-state index contributed by atoms with van der Waals surface area (Å²) in [7, 11) is 0. The molecule has 0 aromatic heterocycles. The minimum Gasteiger partial charge on any atom is -0.394 e. The van der Waals surface area contributed by atoms with Gasteiger partial charge in [0.15, 0.2) is 0 Å². The van der Waals surface area contributed by atoms with Crippen molar-refractivity contribution in [1.29, 1.82) is 0 Å². The summed E-state index contributed by atoms with van der Waals surface area (Å²) in [5.74, 6) is 0.784. The molecular formula is C14H22FNOS. The Kier molecular flexibility index (Phi) is 6.68. The highest BCUT2D eigenvalue weighted by atomic mass is 32.2. The molecule has 0 saturated carbocycles. The molecule has 1 atom stereocenters. The van der Waals surface area contributed by atoms with Crippen molar-refractivity contribution < 1.29 is 9.50 Å². The van der Waals surface area contributed by atoms with Gasteiger partial charge in [-0.1, -0.05) is 6.92 Å². The number of halogens is 1. The van der Waals surface area contributed by atoms with Gasteiger partial charge >= 0.3 is 0 Å². The molecule has 2 nitrogen and oxygen atoms in total. The maximum atomic E-state index is 12.7. The summed E-state index contributed by atoms with van der Waals surface area (Å²) >= 11 is 1.72. The minimum absolute atomic E-state index is 0.155. The number of hydrogen-bond donors (Lipinski definition) is 2. The van der Waals surface area contributed by atoms with E-state index in [0.717, 1.165) is 30.0 Å². The van der Waals surface area contributed by atoms with Gasteiger partial charge in [-0.05, 0) is 56.3 Å². The fourth-order valence-corrected chi connectivity index (χ4v) is 2.69. The number of benzene rings is 1. The van der Waals surface area contributed by atoms with Gasteiger partial charge in [0.25, 0.3) is 0 Å². The van der Waals surface area contributed by atoms with Crippen molar-refractivity contribution in [3.05, 3.63) is 30.1 Å². The van der Waals surface area contributed by atoms with Crippen LogP contribution in [0.25, 0.3) is 0 Å². The highest BCUT2D eigenvalue weighted by Gasteiger charge is 2.20. The van der Waals surface area contributed by atoms with Crippen molar-refractivity contribution in [2.24, 2.45) is 0 Å². The number of nitrogens with one attached hydrogen (secondary N) is 1. The first-order valence-corrected chi connectivity index (χ1v) is 7.32. The average molecular weight is 271 g/mol. The van der Waals surface area contributed by atoms with Crippen molar-refractivity contribution in [3.63, 3.8) is 0 Å². The molecule has 1 rings (SSSR count). The molecular weight excluding hydrogens is 249 g/mol. The third-order valence-corrected chi connectivity index (χ3v) is 4.01. The lowest BCUT2D eigenvalue weighted by Crippen LogP contribution is -2.45. The summed E-state index contributed by atoms with van der Waals surface area (Å²) in [5, 5.41) is 12.7. The van der Waals surface area contributed by atoms with Crippen LogP contribution >= 0.6 is 11.8 Å². The molecule has 4 heteroatoms. The SMILES string of the molecule is CCNC(C)(CO)CCCSc1ccc(F)cc1. The second-order valence-corrected chi connectivity index (χ2v) is 5.82. The van der Waals surface area contributed by atoms with Gasteiger partial charge in [0.2, 0.25) is 0 Å². The Balaban J connectivity index is 2.27. The molecule has 0 radical (unpaired) electrons. The zero-order valence-electron chi connectivity index (χ0n) is 11.1.